The number of carbonyl (C=O) groups is 1. The molecule has 10 nitrogen and oxygen atoms in total. The lowest BCUT2D eigenvalue weighted by Gasteiger charge is -2.33. The Morgan fingerprint density at radius 1 is 1.14 bits per heavy atom. The molecule has 0 radical (unpaired) electrons. The van der Waals surface area contributed by atoms with E-state index in [4.69, 9.17) is 14.8 Å². The van der Waals surface area contributed by atoms with Crippen LogP contribution >= 0.6 is 0 Å². The van der Waals surface area contributed by atoms with Crippen LogP contribution in [-0.2, 0) is 16.3 Å². The molecule has 0 atom stereocenters. The SMILES string of the molecule is C[Si](C)(C)CCOCn1cc(-c2nc3ccc(N4CCC(F)(F)CC4)cn3n2)c2cc(NC(=O)C3CC3)ncc2c1=O. The fourth-order valence-corrected chi connectivity index (χ4v) is 5.77. The number of anilines is 2. The number of alkyl halides is 2. The fourth-order valence-electron chi connectivity index (χ4n) is 5.01. The average molecular weight is 596 g/mol. The van der Waals surface area contributed by atoms with E-state index in [1.54, 1.807) is 29.0 Å². The van der Waals surface area contributed by atoms with Crippen molar-refractivity contribution in [3.8, 4) is 11.4 Å². The third-order valence-corrected chi connectivity index (χ3v) is 9.52. The van der Waals surface area contributed by atoms with Gasteiger partial charge in [-0.3, -0.25) is 14.2 Å². The lowest BCUT2D eigenvalue weighted by Crippen LogP contribution is -2.39. The minimum absolute atomic E-state index is 0.00344. The molecule has 0 bridgehead atoms. The molecule has 42 heavy (non-hydrogen) atoms. The summed E-state index contributed by atoms with van der Waals surface area (Å²) in [5.74, 6) is -1.97. The van der Waals surface area contributed by atoms with Crippen LogP contribution in [0, 0.1) is 5.92 Å². The first-order chi connectivity index (χ1) is 20.0. The summed E-state index contributed by atoms with van der Waals surface area (Å²) in [6.45, 7) is 7.95. The molecular weight excluding hydrogens is 560 g/mol. The summed E-state index contributed by atoms with van der Waals surface area (Å²) in [5, 5.41) is 8.50. The van der Waals surface area contributed by atoms with Gasteiger partial charge in [0.1, 0.15) is 12.5 Å². The Hall–Kier alpha value is -3.71. The van der Waals surface area contributed by atoms with Gasteiger partial charge >= 0.3 is 0 Å². The minimum atomic E-state index is -2.63. The number of piperidine rings is 1. The van der Waals surface area contributed by atoms with E-state index in [2.05, 4.69) is 29.9 Å². The van der Waals surface area contributed by atoms with Crippen LogP contribution in [-0.4, -0.2) is 63.7 Å². The van der Waals surface area contributed by atoms with Crippen LogP contribution in [0.15, 0.2) is 41.6 Å². The molecule has 13 heteroatoms. The maximum Gasteiger partial charge on any atom is 0.261 e. The summed E-state index contributed by atoms with van der Waals surface area (Å²) in [6.07, 6.45) is 6.30. The van der Waals surface area contributed by atoms with Gasteiger partial charge in [-0.2, -0.15) is 0 Å². The van der Waals surface area contributed by atoms with Gasteiger partial charge in [-0.25, -0.2) is 23.3 Å². The van der Waals surface area contributed by atoms with Crippen molar-refractivity contribution >= 4 is 41.9 Å². The van der Waals surface area contributed by atoms with E-state index < -0.39 is 14.0 Å². The normalized spacial score (nSPS) is 17.2. The Morgan fingerprint density at radius 2 is 1.90 bits per heavy atom. The van der Waals surface area contributed by atoms with Crippen molar-refractivity contribution in [2.24, 2.45) is 5.92 Å². The van der Waals surface area contributed by atoms with Gasteiger partial charge < -0.3 is 15.0 Å². The van der Waals surface area contributed by atoms with Gasteiger partial charge in [0, 0.05) is 69.9 Å². The van der Waals surface area contributed by atoms with E-state index >= 15 is 0 Å². The second kappa shape index (κ2) is 10.8. The molecule has 4 aromatic heterocycles. The molecule has 6 rings (SSSR count). The molecule has 1 aliphatic heterocycles. The zero-order valence-corrected chi connectivity index (χ0v) is 25.1. The number of aromatic nitrogens is 5. The van der Waals surface area contributed by atoms with Gasteiger partial charge in [-0.05, 0) is 37.1 Å². The fraction of sp³-hybridized carbons (Fsp3) is 0.483. The highest BCUT2D eigenvalue weighted by atomic mass is 28.3. The minimum Gasteiger partial charge on any atom is -0.370 e. The largest absolute Gasteiger partial charge is 0.370 e. The third-order valence-electron chi connectivity index (χ3n) is 7.81. The lowest BCUT2D eigenvalue weighted by molar-refractivity contribution is -0.117. The third kappa shape index (κ3) is 6.21. The molecule has 1 saturated carbocycles. The number of hydrogen-bond donors (Lipinski definition) is 1. The van der Waals surface area contributed by atoms with Crippen LogP contribution in [0.5, 0.6) is 0 Å². The standard InChI is InChI=1S/C29H35F2N7O3Si/c1-42(2,3)13-12-41-18-37-17-23(21-14-24(32-15-22(21)28(37)40)33-27(39)19-4-5-19)26-34-25-7-6-20(16-38(25)35-26)36-10-8-29(30,31)9-11-36/h6-7,14-17,19H,4-5,8-13,18H2,1-3H3,(H,32,33,39). The van der Waals surface area contributed by atoms with Crippen molar-refractivity contribution in [1.29, 1.82) is 0 Å². The zero-order valence-electron chi connectivity index (χ0n) is 24.1. The molecule has 0 spiro atoms. The quantitative estimate of drug-likeness (QED) is 0.214. The molecular formula is C29H35F2N7O3Si. The molecule has 1 aliphatic carbocycles. The number of amides is 1. The highest BCUT2D eigenvalue weighted by molar-refractivity contribution is 6.76. The van der Waals surface area contributed by atoms with Crippen LogP contribution in [0.1, 0.15) is 25.7 Å². The van der Waals surface area contributed by atoms with Gasteiger partial charge in [0.25, 0.3) is 11.5 Å². The first kappa shape index (κ1) is 28.4. The summed E-state index contributed by atoms with van der Waals surface area (Å²) in [6, 6.07) is 6.32. The molecule has 2 fully saturated rings. The first-order valence-electron chi connectivity index (χ1n) is 14.4. The number of nitrogens with zero attached hydrogens (tertiary/aromatic N) is 6. The monoisotopic (exact) mass is 595 g/mol. The van der Waals surface area contributed by atoms with Gasteiger partial charge in [0.15, 0.2) is 11.5 Å². The Morgan fingerprint density at radius 3 is 2.62 bits per heavy atom. The summed E-state index contributed by atoms with van der Waals surface area (Å²) >= 11 is 0. The van der Waals surface area contributed by atoms with Crippen LogP contribution in [0.25, 0.3) is 27.8 Å². The summed E-state index contributed by atoms with van der Waals surface area (Å²) in [5.41, 5.74) is 1.69. The number of fused-ring (bicyclic) bond motifs is 2. The number of carbonyl (C=O) groups excluding carboxylic acids is 1. The number of halogens is 2. The topological polar surface area (TPSA) is 107 Å². The van der Waals surface area contributed by atoms with Crippen LogP contribution in [0.3, 0.4) is 0 Å². The number of hydrogen-bond acceptors (Lipinski definition) is 7. The smallest absolute Gasteiger partial charge is 0.261 e. The Labute approximate surface area is 242 Å². The van der Waals surface area contributed by atoms with Crippen LogP contribution < -0.4 is 15.8 Å². The number of rotatable bonds is 9. The van der Waals surface area contributed by atoms with Gasteiger partial charge in [0.05, 0.1) is 17.3 Å². The molecule has 1 saturated heterocycles. The summed E-state index contributed by atoms with van der Waals surface area (Å²) in [4.78, 5) is 36.9. The van der Waals surface area contributed by atoms with Crippen molar-refractivity contribution < 1.29 is 18.3 Å². The molecule has 0 aromatic carbocycles. The van der Waals surface area contributed by atoms with Crippen molar-refractivity contribution in [3.05, 3.63) is 47.1 Å². The Kier molecular flexibility index (Phi) is 7.33. The van der Waals surface area contributed by atoms with Crippen molar-refractivity contribution in [2.75, 3.05) is 29.9 Å². The highest BCUT2D eigenvalue weighted by Crippen LogP contribution is 2.32. The first-order valence-corrected chi connectivity index (χ1v) is 18.1. The second-order valence-electron chi connectivity index (χ2n) is 12.5. The van der Waals surface area contributed by atoms with Gasteiger partial charge in [-0.1, -0.05) is 19.6 Å². The number of pyridine rings is 3. The van der Waals surface area contributed by atoms with E-state index in [-0.39, 0.29) is 50.0 Å². The second-order valence-corrected chi connectivity index (χ2v) is 18.1. The van der Waals surface area contributed by atoms with Gasteiger partial charge in [0.2, 0.25) is 5.91 Å². The molecule has 1 N–H and O–H groups in total. The van der Waals surface area contributed by atoms with Crippen LogP contribution in [0.2, 0.25) is 25.7 Å². The maximum absolute atomic E-state index is 13.7. The van der Waals surface area contributed by atoms with Crippen molar-refractivity contribution in [3.63, 3.8) is 0 Å². The van der Waals surface area contributed by atoms with E-state index in [9.17, 15) is 18.4 Å². The molecule has 2 aliphatic rings. The van der Waals surface area contributed by atoms with E-state index in [0.717, 1.165) is 24.6 Å². The Balaban J connectivity index is 1.37. The lowest BCUT2D eigenvalue weighted by atomic mass is 10.1. The zero-order chi connectivity index (χ0) is 29.6. The molecule has 222 valence electrons. The Bertz CT molecular complexity index is 1700. The van der Waals surface area contributed by atoms with Gasteiger partial charge in [-0.15, -0.1) is 5.10 Å². The summed E-state index contributed by atoms with van der Waals surface area (Å²) in [7, 11) is -1.30. The molecule has 5 heterocycles. The van der Waals surface area contributed by atoms with Crippen molar-refractivity contribution in [2.45, 2.75) is 64.0 Å². The molecule has 4 aromatic rings. The van der Waals surface area contributed by atoms with E-state index in [1.807, 2.05) is 11.0 Å². The van der Waals surface area contributed by atoms with E-state index in [1.165, 1.54) is 10.8 Å². The molecule has 0 unspecified atom stereocenters. The predicted octanol–water partition coefficient (Wildman–Crippen LogP) is 5.00. The number of nitrogens with one attached hydrogen (secondary N) is 1. The average Bonchev–Trinajstić information content (AvgIpc) is 3.70. The summed E-state index contributed by atoms with van der Waals surface area (Å²) < 4.78 is 36.4. The van der Waals surface area contributed by atoms with Crippen molar-refractivity contribution in [1.82, 2.24) is 24.1 Å². The highest BCUT2D eigenvalue weighted by Gasteiger charge is 2.34. The maximum atomic E-state index is 13.7. The van der Waals surface area contributed by atoms with Crippen LogP contribution in [0.4, 0.5) is 20.3 Å². The molecule has 1 amide bonds. The predicted molar refractivity (Wildman–Crippen MR) is 160 cm³/mol. The number of ether oxygens (including phenoxy) is 1. The van der Waals surface area contributed by atoms with E-state index in [0.29, 0.717) is 40.2 Å².